The Hall–Kier alpha value is -0.850. The van der Waals surface area contributed by atoms with Crippen molar-refractivity contribution in [3.8, 4) is 0 Å². The summed E-state index contributed by atoms with van der Waals surface area (Å²) < 4.78 is 26.1. The second-order valence-electron chi connectivity index (χ2n) is 4.21. The van der Waals surface area contributed by atoms with Crippen LogP contribution in [0.5, 0.6) is 0 Å². The Balaban J connectivity index is 1.98. The van der Waals surface area contributed by atoms with Crippen molar-refractivity contribution in [2.45, 2.75) is 4.90 Å². The van der Waals surface area contributed by atoms with Gasteiger partial charge < -0.3 is 5.32 Å². The summed E-state index contributed by atoms with van der Waals surface area (Å²) in [7, 11) is -3.25. The van der Waals surface area contributed by atoms with E-state index in [1.54, 1.807) is 24.3 Å². The van der Waals surface area contributed by atoms with Gasteiger partial charge in [-0.2, -0.15) is 0 Å². The standard InChI is InChI=1S/C14H13Br2NO2S/c15-11-4-6-14(7-5-11)20(18,19)9-8-17-13-3-1-2-12(16)10-13/h1-7,10,17H,8-9H2. The molecule has 0 atom stereocenters. The fraction of sp³-hybridized carbons (Fsp3) is 0.143. The molecule has 0 fully saturated rings. The lowest BCUT2D eigenvalue weighted by atomic mass is 10.3. The van der Waals surface area contributed by atoms with Crippen LogP contribution in [-0.2, 0) is 9.84 Å². The zero-order valence-electron chi connectivity index (χ0n) is 10.5. The molecule has 2 rings (SSSR count). The second kappa shape index (κ2) is 6.74. The molecule has 20 heavy (non-hydrogen) atoms. The molecule has 0 aliphatic heterocycles. The summed E-state index contributed by atoms with van der Waals surface area (Å²) in [6, 6.07) is 14.3. The van der Waals surface area contributed by atoms with E-state index in [4.69, 9.17) is 0 Å². The van der Waals surface area contributed by atoms with Gasteiger partial charge in [0.1, 0.15) is 0 Å². The van der Waals surface area contributed by atoms with Crippen LogP contribution in [0.25, 0.3) is 0 Å². The van der Waals surface area contributed by atoms with Gasteiger partial charge in [0.05, 0.1) is 10.6 Å². The van der Waals surface area contributed by atoms with E-state index >= 15 is 0 Å². The predicted octanol–water partition coefficient (Wildman–Crippen LogP) is 4.10. The molecule has 0 unspecified atom stereocenters. The topological polar surface area (TPSA) is 46.2 Å². The average molecular weight is 419 g/mol. The maximum absolute atomic E-state index is 12.1. The fourth-order valence-electron chi connectivity index (χ4n) is 1.69. The van der Waals surface area contributed by atoms with Gasteiger partial charge in [0.25, 0.3) is 0 Å². The van der Waals surface area contributed by atoms with Gasteiger partial charge in [0.15, 0.2) is 9.84 Å². The molecule has 0 aromatic heterocycles. The fourth-order valence-corrected chi connectivity index (χ4v) is 3.51. The van der Waals surface area contributed by atoms with Gasteiger partial charge in [0.2, 0.25) is 0 Å². The van der Waals surface area contributed by atoms with Crippen LogP contribution in [0, 0.1) is 0 Å². The molecule has 106 valence electrons. The Kier molecular flexibility index (Phi) is 5.23. The summed E-state index contributed by atoms with van der Waals surface area (Å²) >= 11 is 6.66. The molecule has 0 heterocycles. The Labute approximate surface area is 135 Å². The van der Waals surface area contributed by atoms with E-state index in [1.165, 1.54) is 0 Å². The number of anilines is 1. The van der Waals surface area contributed by atoms with E-state index in [2.05, 4.69) is 37.2 Å². The van der Waals surface area contributed by atoms with Crippen molar-refractivity contribution >= 4 is 47.4 Å². The summed E-state index contributed by atoms with van der Waals surface area (Å²) in [5, 5.41) is 3.10. The molecule has 0 saturated carbocycles. The van der Waals surface area contributed by atoms with Crippen molar-refractivity contribution in [3.63, 3.8) is 0 Å². The highest BCUT2D eigenvalue weighted by atomic mass is 79.9. The van der Waals surface area contributed by atoms with Crippen LogP contribution in [0.15, 0.2) is 62.4 Å². The lowest BCUT2D eigenvalue weighted by molar-refractivity contribution is 0.596. The van der Waals surface area contributed by atoms with Crippen molar-refractivity contribution in [2.75, 3.05) is 17.6 Å². The van der Waals surface area contributed by atoms with Crippen LogP contribution in [0.2, 0.25) is 0 Å². The molecule has 0 aliphatic rings. The van der Waals surface area contributed by atoms with Gasteiger partial charge >= 0.3 is 0 Å². The highest BCUT2D eigenvalue weighted by molar-refractivity contribution is 9.10. The van der Waals surface area contributed by atoms with Gasteiger partial charge in [-0.1, -0.05) is 37.9 Å². The third-order valence-electron chi connectivity index (χ3n) is 2.70. The van der Waals surface area contributed by atoms with Crippen molar-refractivity contribution in [2.24, 2.45) is 0 Å². The first kappa shape index (κ1) is 15.5. The zero-order valence-corrected chi connectivity index (χ0v) is 14.5. The number of nitrogens with one attached hydrogen (secondary N) is 1. The van der Waals surface area contributed by atoms with E-state index < -0.39 is 9.84 Å². The van der Waals surface area contributed by atoms with Crippen molar-refractivity contribution in [1.82, 2.24) is 0 Å². The van der Waals surface area contributed by atoms with Crippen molar-refractivity contribution < 1.29 is 8.42 Å². The molecule has 6 heteroatoms. The lowest BCUT2D eigenvalue weighted by Gasteiger charge is -2.08. The van der Waals surface area contributed by atoms with Gasteiger partial charge in [-0.3, -0.25) is 0 Å². The number of halogens is 2. The summed E-state index contributed by atoms with van der Waals surface area (Å²) in [4.78, 5) is 0.344. The van der Waals surface area contributed by atoms with Gasteiger partial charge in [-0.25, -0.2) is 8.42 Å². The first-order chi connectivity index (χ1) is 9.47. The number of rotatable bonds is 5. The minimum atomic E-state index is -3.25. The summed E-state index contributed by atoms with van der Waals surface area (Å²) in [6.07, 6.45) is 0. The maximum Gasteiger partial charge on any atom is 0.180 e. The SMILES string of the molecule is O=S(=O)(CCNc1cccc(Br)c1)c1ccc(Br)cc1. The molecule has 1 N–H and O–H groups in total. The molecule has 0 radical (unpaired) electrons. The monoisotopic (exact) mass is 417 g/mol. The molecule has 0 spiro atoms. The van der Waals surface area contributed by atoms with Crippen LogP contribution in [-0.4, -0.2) is 20.7 Å². The van der Waals surface area contributed by atoms with Gasteiger partial charge in [-0.05, 0) is 42.5 Å². The zero-order chi connectivity index (χ0) is 14.6. The Morgan fingerprint density at radius 2 is 1.65 bits per heavy atom. The van der Waals surface area contributed by atoms with E-state index in [9.17, 15) is 8.42 Å². The third kappa shape index (κ3) is 4.33. The Morgan fingerprint density at radius 1 is 0.950 bits per heavy atom. The molecular weight excluding hydrogens is 406 g/mol. The molecular formula is C14H13Br2NO2S. The average Bonchev–Trinajstić information content (AvgIpc) is 2.39. The quantitative estimate of drug-likeness (QED) is 0.794. The van der Waals surface area contributed by atoms with Crippen LogP contribution < -0.4 is 5.32 Å². The van der Waals surface area contributed by atoms with Crippen molar-refractivity contribution in [1.29, 1.82) is 0 Å². The number of benzene rings is 2. The smallest absolute Gasteiger partial charge is 0.180 e. The molecule has 2 aromatic carbocycles. The lowest BCUT2D eigenvalue weighted by Crippen LogP contribution is -2.15. The molecule has 0 amide bonds. The van der Waals surface area contributed by atoms with Crippen LogP contribution >= 0.6 is 31.9 Å². The maximum atomic E-state index is 12.1. The predicted molar refractivity (Wildman–Crippen MR) is 88.8 cm³/mol. The van der Waals surface area contributed by atoms with Gasteiger partial charge in [0, 0.05) is 21.2 Å². The molecule has 0 saturated heterocycles. The largest absolute Gasteiger partial charge is 0.384 e. The summed E-state index contributed by atoms with van der Waals surface area (Å²) in [5.41, 5.74) is 0.894. The number of hydrogen-bond acceptors (Lipinski definition) is 3. The molecule has 0 bridgehead atoms. The normalized spacial score (nSPS) is 11.3. The van der Waals surface area contributed by atoms with E-state index in [0.717, 1.165) is 14.6 Å². The summed E-state index contributed by atoms with van der Waals surface area (Å²) in [6.45, 7) is 0.370. The van der Waals surface area contributed by atoms with Crippen molar-refractivity contribution in [3.05, 3.63) is 57.5 Å². The molecule has 2 aromatic rings. The number of hydrogen-bond donors (Lipinski definition) is 1. The first-order valence-corrected chi connectivity index (χ1v) is 9.19. The third-order valence-corrected chi connectivity index (χ3v) is 5.45. The van der Waals surface area contributed by atoms with Gasteiger partial charge in [-0.15, -0.1) is 0 Å². The number of sulfone groups is 1. The second-order valence-corrected chi connectivity index (χ2v) is 8.15. The minimum Gasteiger partial charge on any atom is -0.384 e. The Bertz CT molecular complexity index is 685. The Morgan fingerprint density at radius 3 is 2.30 bits per heavy atom. The molecule has 3 nitrogen and oxygen atoms in total. The summed E-state index contributed by atoms with van der Waals surface area (Å²) in [5.74, 6) is 0.0567. The van der Waals surface area contributed by atoms with E-state index in [0.29, 0.717) is 11.4 Å². The highest BCUT2D eigenvalue weighted by Gasteiger charge is 2.13. The van der Waals surface area contributed by atoms with E-state index in [-0.39, 0.29) is 5.75 Å². The van der Waals surface area contributed by atoms with E-state index in [1.807, 2.05) is 24.3 Å². The molecule has 0 aliphatic carbocycles. The highest BCUT2D eigenvalue weighted by Crippen LogP contribution is 2.17. The van der Waals surface area contributed by atoms with Crippen LogP contribution in [0.3, 0.4) is 0 Å². The minimum absolute atomic E-state index is 0.0567. The first-order valence-electron chi connectivity index (χ1n) is 5.95. The van der Waals surface area contributed by atoms with Crippen LogP contribution in [0.1, 0.15) is 0 Å². The van der Waals surface area contributed by atoms with Crippen LogP contribution in [0.4, 0.5) is 5.69 Å².